The zero-order chi connectivity index (χ0) is 17.0. The Kier molecular flexibility index (Phi) is 5.03. The molecule has 1 aromatic carbocycles. The number of hydrogen-bond acceptors (Lipinski definition) is 4. The first kappa shape index (κ1) is 17.0. The molecule has 1 aromatic rings. The zero-order valence-corrected chi connectivity index (χ0v) is 13.7. The number of ether oxygens (including phenoxy) is 1. The van der Waals surface area contributed by atoms with Crippen LogP contribution in [0.5, 0.6) is 0 Å². The molecule has 2 amide bonds. The third-order valence-corrected chi connectivity index (χ3v) is 4.06. The zero-order valence-electron chi connectivity index (χ0n) is 13.7. The van der Waals surface area contributed by atoms with Crippen LogP contribution in [0.25, 0.3) is 0 Å². The van der Waals surface area contributed by atoms with Crippen LogP contribution in [0.1, 0.15) is 37.0 Å². The number of likely N-dealkylation sites (tertiary alicyclic amines) is 1. The fourth-order valence-corrected chi connectivity index (χ4v) is 2.51. The standard InChI is InChI=1S/C17H22N2O4/c1-17(2,16(22)19-10-4-5-11-19)15(21)18-13-8-6-12(7-9-13)14(20)23-3/h6-9H,4-5,10-11H2,1-3H3,(H,18,21). The first-order valence-corrected chi connectivity index (χ1v) is 7.65. The van der Waals surface area contributed by atoms with Crippen LogP contribution < -0.4 is 5.32 Å². The minimum atomic E-state index is -1.13. The Morgan fingerprint density at radius 1 is 1.09 bits per heavy atom. The van der Waals surface area contributed by atoms with E-state index in [9.17, 15) is 14.4 Å². The second-order valence-corrected chi connectivity index (χ2v) is 6.15. The number of nitrogens with one attached hydrogen (secondary N) is 1. The van der Waals surface area contributed by atoms with E-state index in [0.29, 0.717) is 24.3 Å². The van der Waals surface area contributed by atoms with Gasteiger partial charge in [-0.3, -0.25) is 9.59 Å². The average Bonchev–Trinajstić information content (AvgIpc) is 3.08. The van der Waals surface area contributed by atoms with Crippen LogP contribution in [0.3, 0.4) is 0 Å². The highest BCUT2D eigenvalue weighted by Crippen LogP contribution is 2.24. The van der Waals surface area contributed by atoms with Crippen LogP contribution >= 0.6 is 0 Å². The molecule has 0 radical (unpaired) electrons. The van der Waals surface area contributed by atoms with Gasteiger partial charge in [0.25, 0.3) is 0 Å². The molecule has 124 valence electrons. The lowest BCUT2D eigenvalue weighted by Crippen LogP contribution is -2.46. The van der Waals surface area contributed by atoms with Crippen molar-refractivity contribution in [1.29, 1.82) is 0 Å². The predicted octanol–water partition coefficient (Wildman–Crippen LogP) is 2.06. The summed E-state index contributed by atoms with van der Waals surface area (Å²) in [6.45, 7) is 4.68. The lowest BCUT2D eigenvalue weighted by molar-refractivity contribution is -0.145. The highest BCUT2D eigenvalue weighted by Gasteiger charge is 2.39. The van der Waals surface area contributed by atoms with Gasteiger partial charge in [0.2, 0.25) is 11.8 Å². The van der Waals surface area contributed by atoms with Gasteiger partial charge in [-0.2, -0.15) is 0 Å². The summed E-state index contributed by atoms with van der Waals surface area (Å²) in [5, 5.41) is 2.73. The van der Waals surface area contributed by atoms with E-state index in [-0.39, 0.29) is 11.8 Å². The van der Waals surface area contributed by atoms with E-state index in [1.807, 2.05) is 0 Å². The van der Waals surface area contributed by atoms with E-state index in [1.54, 1.807) is 43.0 Å². The number of benzene rings is 1. The van der Waals surface area contributed by atoms with Gasteiger partial charge in [-0.25, -0.2) is 4.79 Å². The summed E-state index contributed by atoms with van der Waals surface area (Å²) in [6.07, 6.45) is 1.97. The van der Waals surface area contributed by atoms with Gasteiger partial charge in [-0.1, -0.05) is 0 Å². The molecule has 1 aliphatic rings. The first-order valence-electron chi connectivity index (χ1n) is 7.65. The molecule has 1 N–H and O–H groups in total. The quantitative estimate of drug-likeness (QED) is 0.681. The summed E-state index contributed by atoms with van der Waals surface area (Å²) in [7, 11) is 1.31. The number of carbonyl (C=O) groups excluding carboxylic acids is 3. The Hall–Kier alpha value is -2.37. The summed E-state index contributed by atoms with van der Waals surface area (Å²) in [6, 6.07) is 6.36. The summed E-state index contributed by atoms with van der Waals surface area (Å²) >= 11 is 0. The highest BCUT2D eigenvalue weighted by molar-refractivity contribution is 6.10. The van der Waals surface area contributed by atoms with Gasteiger partial charge in [0.05, 0.1) is 12.7 Å². The van der Waals surface area contributed by atoms with Crippen molar-refractivity contribution in [2.75, 3.05) is 25.5 Å². The van der Waals surface area contributed by atoms with Gasteiger partial charge in [-0.15, -0.1) is 0 Å². The number of esters is 1. The van der Waals surface area contributed by atoms with Crippen molar-refractivity contribution in [3.8, 4) is 0 Å². The summed E-state index contributed by atoms with van der Waals surface area (Å²) in [5.41, 5.74) is -0.200. The van der Waals surface area contributed by atoms with Crippen molar-refractivity contribution in [2.45, 2.75) is 26.7 Å². The van der Waals surface area contributed by atoms with Gasteiger partial charge in [0.1, 0.15) is 5.41 Å². The molecule has 0 spiro atoms. The van der Waals surface area contributed by atoms with Crippen LogP contribution in [-0.4, -0.2) is 42.9 Å². The Morgan fingerprint density at radius 2 is 1.65 bits per heavy atom. The molecule has 1 saturated heterocycles. The van der Waals surface area contributed by atoms with Crippen molar-refractivity contribution < 1.29 is 19.1 Å². The number of anilines is 1. The maximum atomic E-state index is 12.5. The maximum absolute atomic E-state index is 12.5. The molecular formula is C17H22N2O4. The van der Waals surface area contributed by atoms with E-state index in [2.05, 4.69) is 10.1 Å². The van der Waals surface area contributed by atoms with Gasteiger partial charge < -0.3 is 15.0 Å². The fraction of sp³-hybridized carbons (Fsp3) is 0.471. The second kappa shape index (κ2) is 6.81. The Balaban J connectivity index is 2.05. The molecule has 23 heavy (non-hydrogen) atoms. The molecule has 0 unspecified atom stereocenters. The molecule has 0 aliphatic carbocycles. The number of rotatable bonds is 4. The minimum Gasteiger partial charge on any atom is -0.465 e. The molecule has 0 bridgehead atoms. The minimum absolute atomic E-state index is 0.154. The highest BCUT2D eigenvalue weighted by atomic mass is 16.5. The van der Waals surface area contributed by atoms with Crippen molar-refractivity contribution in [1.82, 2.24) is 4.90 Å². The number of carbonyl (C=O) groups is 3. The van der Waals surface area contributed by atoms with Crippen LogP contribution in [0.2, 0.25) is 0 Å². The average molecular weight is 318 g/mol. The lowest BCUT2D eigenvalue weighted by Gasteiger charge is -2.28. The number of nitrogens with zero attached hydrogens (tertiary/aromatic N) is 1. The lowest BCUT2D eigenvalue weighted by atomic mass is 9.90. The molecule has 1 fully saturated rings. The van der Waals surface area contributed by atoms with E-state index >= 15 is 0 Å². The monoisotopic (exact) mass is 318 g/mol. The van der Waals surface area contributed by atoms with E-state index in [1.165, 1.54) is 7.11 Å². The number of hydrogen-bond donors (Lipinski definition) is 1. The number of amides is 2. The topological polar surface area (TPSA) is 75.7 Å². The van der Waals surface area contributed by atoms with Crippen LogP contribution in [0.15, 0.2) is 24.3 Å². The van der Waals surface area contributed by atoms with Gasteiger partial charge in [0.15, 0.2) is 0 Å². The van der Waals surface area contributed by atoms with Crippen molar-refractivity contribution in [2.24, 2.45) is 5.41 Å². The number of methoxy groups -OCH3 is 1. The third-order valence-electron chi connectivity index (χ3n) is 4.06. The Morgan fingerprint density at radius 3 is 2.17 bits per heavy atom. The molecule has 0 aromatic heterocycles. The fourth-order valence-electron chi connectivity index (χ4n) is 2.51. The molecule has 1 aliphatic heterocycles. The van der Waals surface area contributed by atoms with E-state index in [4.69, 9.17) is 0 Å². The predicted molar refractivity (Wildman–Crippen MR) is 86.0 cm³/mol. The molecule has 1 heterocycles. The SMILES string of the molecule is COC(=O)c1ccc(NC(=O)C(C)(C)C(=O)N2CCCC2)cc1. The largest absolute Gasteiger partial charge is 0.465 e. The smallest absolute Gasteiger partial charge is 0.337 e. The summed E-state index contributed by atoms with van der Waals surface area (Å²) in [5.74, 6) is -0.952. The van der Waals surface area contributed by atoms with Gasteiger partial charge in [0, 0.05) is 18.8 Å². The van der Waals surface area contributed by atoms with Crippen molar-refractivity contribution >= 4 is 23.5 Å². The Labute approximate surface area is 135 Å². The van der Waals surface area contributed by atoms with Crippen LogP contribution in [0, 0.1) is 5.41 Å². The maximum Gasteiger partial charge on any atom is 0.337 e. The molecule has 6 heteroatoms. The second-order valence-electron chi connectivity index (χ2n) is 6.15. The van der Waals surface area contributed by atoms with Crippen molar-refractivity contribution in [3.05, 3.63) is 29.8 Å². The molecule has 2 rings (SSSR count). The molecule has 0 atom stereocenters. The normalized spacial score (nSPS) is 14.5. The van der Waals surface area contributed by atoms with Gasteiger partial charge >= 0.3 is 5.97 Å². The third kappa shape index (κ3) is 3.70. The van der Waals surface area contributed by atoms with Crippen LogP contribution in [-0.2, 0) is 14.3 Å². The summed E-state index contributed by atoms with van der Waals surface area (Å²) < 4.78 is 4.62. The Bertz CT molecular complexity index is 602. The van der Waals surface area contributed by atoms with Gasteiger partial charge in [-0.05, 0) is 51.0 Å². The molecular weight excluding hydrogens is 296 g/mol. The van der Waals surface area contributed by atoms with E-state index < -0.39 is 11.4 Å². The van der Waals surface area contributed by atoms with Crippen LogP contribution in [0.4, 0.5) is 5.69 Å². The molecule has 6 nitrogen and oxygen atoms in total. The summed E-state index contributed by atoms with van der Waals surface area (Å²) in [4.78, 5) is 38.1. The molecule has 0 saturated carbocycles. The van der Waals surface area contributed by atoms with Crippen molar-refractivity contribution in [3.63, 3.8) is 0 Å². The van der Waals surface area contributed by atoms with E-state index in [0.717, 1.165) is 12.8 Å². The first-order chi connectivity index (χ1) is 10.9.